The summed E-state index contributed by atoms with van der Waals surface area (Å²) in [6.45, 7) is -0.619. The molecule has 1 N–H and O–H groups in total. The van der Waals surface area contributed by atoms with E-state index in [1.54, 1.807) is 0 Å². The van der Waals surface area contributed by atoms with Gasteiger partial charge in [-0.15, -0.1) is 4.91 Å². The van der Waals surface area contributed by atoms with Gasteiger partial charge in [-0.05, 0) is 29.4 Å². The monoisotopic (exact) mass is 545 g/mol. The summed E-state index contributed by atoms with van der Waals surface area (Å²) in [4.78, 5) is 23.0. The van der Waals surface area contributed by atoms with Gasteiger partial charge in [0, 0.05) is 17.7 Å². The SMILES string of the molecule is COC1(c2onc(-c3c(Cl)cc(Cl)cc3Cl)c2C(=O)O)CN(S(=O)(=O)c2ccccc2N=O)C1. The Labute approximate surface area is 208 Å². The molecule has 4 rings (SSSR count). The van der Waals surface area contributed by atoms with Crippen LogP contribution in [0.2, 0.25) is 15.1 Å². The first kappa shape index (κ1) is 24.6. The summed E-state index contributed by atoms with van der Waals surface area (Å²) < 4.78 is 38.0. The third kappa shape index (κ3) is 3.88. The summed E-state index contributed by atoms with van der Waals surface area (Å²) in [6, 6.07) is 8.19. The molecule has 34 heavy (non-hydrogen) atoms. The van der Waals surface area contributed by atoms with Crippen LogP contribution < -0.4 is 0 Å². The van der Waals surface area contributed by atoms with E-state index in [2.05, 4.69) is 10.3 Å². The number of carbonyl (C=O) groups is 1. The number of hydrogen-bond acceptors (Lipinski definition) is 8. The van der Waals surface area contributed by atoms with Crippen molar-refractivity contribution in [3.8, 4) is 11.3 Å². The van der Waals surface area contributed by atoms with Gasteiger partial charge in [0.1, 0.15) is 21.8 Å². The minimum absolute atomic E-state index is 0.0436. The molecule has 0 unspecified atom stereocenters. The Morgan fingerprint density at radius 3 is 2.38 bits per heavy atom. The molecular formula is C20H14Cl3N3O7S. The van der Waals surface area contributed by atoms with Gasteiger partial charge in [-0.1, -0.05) is 52.1 Å². The predicted octanol–water partition coefficient (Wildman–Crippen LogP) is 4.94. The third-order valence-electron chi connectivity index (χ3n) is 5.40. The summed E-state index contributed by atoms with van der Waals surface area (Å²) in [5.41, 5.74) is -2.19. The molecule has 0 bridgehead atoms. The number of carboxylic acids is 1. The number of methoxy groups -OCH3 is 1. The summed E-state index contributed by atoms with van der Waals surface area (Å²) >= 11 is 18.4. The first-order chi connectivity index (χ1) is 16.1. The molecule has 1 aliphatic heterocycles. The Balaban J connectivity index is 1.76. The van der Waals surface area contributed by atoms with E-state index in [0.717, 1.165) is 4.31 Å². The quantitative estimate of drug-likeness (QED) is 0.411. The van der Waals surface area contributed by atoms with E-state index in [9.17, 15) is 23.2 Å². The Hall–Kier alpha value is -2.54. The lowest BCUT2D eigenvalue weighted by atomic mass is 9.89. The summed E-state index contributed by atoms with van der Waals surface area (Å²) in [6.07, 6.45) is 0. The fraction of sp³-hybridized carbons (Fsp3) is 0.200. The summed E-state index contributed by atoms with van der Waals surface area (Å²) in [7, 11) is -2.86. The molecule has 2 aromatic carbocycles. The number of nitroso groups, excluding NO2 is 1. The Morgan fingerprint density at radius 1 is 1.21 bits per heavy atom. The van der Waals surface area contributed by atoms with Gasteiger partial charge in [0.25, 0.3) is 0 Å². The van der Waals surface area contributed by atoms with Crippen molar-refractivity contribution in [3.05, 3.63) is 67.7 Å². The Bertz CT molecular complexity index is 1400. The average molecular weight is 547 g/mol. The van der Waals surface area contributed by atoms with Gasteiger partial charge in [-0.2, -0.15) is 4.31 Å². The van der Waals surface area contributed by atoms with E-state index in [1.807, 2.05) is 0 Å². The van der Waals surface area contributed by atoms with Crippen molar-refractivity contribution in [2.75, 3.05) is 20.2 Å². The van der Waals surface area contributed by atoms with Crippen LogP contribution in [0.15, 0.2) is 51.0 Å². The molecule has 1 saturated heterocycles. The minimum atomic E-state index is -4.14. The largest absolute Gasteiger partial charge is 0.477 e. The number of benzene rings is 2. The highest BCUT2D eigenvalue weighted by Gasteiger charge is 2.55. The molecule has 0 spiro atoms. The number of halogens is 3. The van der Waals surface area contributed by atoms with Crippen molar-refractivity contribution < 1.29 is 27.6 Å². The second-order valence-electron chi connectivity index (χ2n) is 7.32. The van der Waals surface area contributed by atoms with Crippen molar-refractivity contribution in [2.24, 2.45) is 5.18 Å². The van der Waals surface area contributed by atoms with Gasteiger partial charge in [-0.25, -0.2) is 13.2 Å². The first-order valence-electron chi connectivity index (χ1n) is 9.42. The van der Waals surface area contributed by atoms with Gasteiger partial charge in [-0.3, -0.25) is 0 Å². The molecule has 0 radical (unpaired) electrons. The van der Waals surface area contributed by atoms with Crippen LogP contribution in [0.3, 0.4) is 0 Å². The highest BCUT2D eigenvalue weighted by atomic mass is 35.5. The third-order valence-corrected chi connectivity index (χ3v) is 8.05. The van der Waals surface area contributed by atoms with Crippen LogP contribution in [0.4, 0.5) is 5.69 Å². The van der Waals surface area contributed by atoms with Crippen LogP contribution in [0.5, 0.6) is 0 Å². The molecule has 0 saturated carbocycles. The molecule has 0 amide bonds. The van der Waals surface area contributed by atoms with Crippen LogP contribution in [0.1, 0.15) is 16.1 Å². The zero-order valence-electron chi connectivity index (χ0n) is 17.2. The number of aromatic carboxylic acids is 1. The van der Waals surface area contributed by atoms with Crippen molar-refractivity contribution in [3.63, 3.8) is 0 Å². The van der Waals surface area contributed by atoms with E-state index in [-0.39, 0.29) is 61.3 Å². The molecule has 10 nitrogen and oxygen atoms in total. The highest BCUT2D eigenvalue weighted by molar-refractivity contribution is 7.89. The number of ether oxygens (including phenoxy) is 1. The molecule has 0 aliphatic carbocycles. The molecular weight excluding hydrogens is 533 g/mol. The fourth-order valence-electron chi connectivity index (χ4n) is 3.69. The van der Waals surface area contributed by atoms with Crippen molar-refractivity contribution >= 4 is 56.5 Å². The number of aromatic nitrogens is 1. The first-order valence-corrected chi connectivity index (χ1v) is 12.0. The molecule has 178 valence electrons. The normalized spacial score (nSPS) is 15.6. The van der Waals surface area contributed by atoms with E-state index >= 15 is 0 Å². The lowest BCUT2D eigenvalue weighted by molar-refractivity contribution is -0.114. The molecule has 1 aromatic heterocycles. The molecule has 14 heteroatoms. The summed E-state index contributed by atoms with van der Waals surface area (Å²) in [5.74, 6) is -1.63. The topological polar surface area (TPSA) is 139 Å². The number of hydrogen-bond donors (Lipinski definition) is 1. The second-order valence-corrected chi connectivity index (χ2v) is 10.5. The van der Waals surface area contributed by atoms with Gasteiger partial charge in [0.2, 0.25) is 10.0 Å². The molecule has 0 atom stereocenters. The average Bonchev–Trinajstić information content (AvgIpc) is 3.17. The van der Waals surface area contributed by atoms with Crippen LogP contribution in [0, 0.1) is 4.91 Å². The zero-order valence-corrected chi connectivity index (χ0v) is 20.2. The number of sulfonamides is 1. The van der Waals surface area contributed by atoms with Gasteiger partial charge in [0.05, 0.1) is 23.1 Å². The van der Waals surface area contributed by atoms with Gasteiger partial charge >= 0.3 is 5.97 Å². The Kier molecular flexibility index (Phi) is 6.44. The predicted molar refractivity (Wildman–Crippen MR) is 123 cm³/mol. The van der Waals surface area contributed by atoms with Crippen LogP contribution in [-0.4, -0.2) is 49.2 Å². The fourth-order valence-corrected chi connectivity index (χ4v) is 6.34. The van der Waals surface area contributed by atoms with Crippen LogP contribution >= 0.6 is 34.8 Å². The van der Waals surface area contributed by atoms with E-state index in [1.165, 1.54) is 43.5 Å². The number of rotatable bonds is 7. The number of nitrogens with zero attached hydrogens (tertiary/aromatic N) is 3. The highest BCUT2D eigenvalue weighted by Crippen LogP contribution is 2.45. The maximum atomic E-state index is 13.1. The van der Waals surface area contributed by atoms with Gasteiger partial charge < -0.3 is 14.4 Å². The van der Waals surface area contributed by atoms with E-state index in [4.69, 9.17) is 44.1 Å². The van der Waals surface area contributed by atoms with Crippen molar-refractivity contribution in [1.29, 1.82) is 0 Å². The van der Waals surface area contributed by atoms with E-state index < -0.39 is 21.6 Å². The van der Waals surface area contributed by atoms with Gasteiger partial charge in [0.15, 0.2) is 11.4 Å². The lowest BCUT2D eigenvalue weighted by Gasteiger charge is -2.46. The van der Waals surface area contributed by atoms with Crippen LogP contribution in [0.25, 0.3) is 11.3 Å². The zero-order chi connectivity index (χ0) is 24.8. The molecule has 3 aromatic rings. The Morgan fingerprint density at radius 2 is 1.82 bits per heavy atom. The minimum Gasteiger partial charge on any atom is -0.477 e. The summed E-state index contributed by atoms with van der Waals surface area (Å²) in [5, 5.41) is 16.9. The number of carboxylic acid groups (broad SMARTS) is 1. The maximum absolute atomic E-state index is 13.1. The van der Waals surface area contributed by atoms with Crippen LogP contribution in [-0.2, 0) is 20.4 Å². The van der Waals surface area contributed by atoms with Crippen molar-refractivity contribution in [1.82, 2.24) is 9.46 Å². The van der Waals surface area contributed by atoms with E-state index in [0.29, 0.717) is 0 Å². The smallest absolute Gasteiger partial charge is 0.341 e. The van der Waals surface area contributed by atoms with Crippen molar-refractivity contribution in [2.45, 2.75) is 10.5 Å². The molecule has 1 fully saturated rings. The second kappa shape index (κ2) is 8.91. The molecule has 2 heterocycles. The lowest BCUT2D eigenvalue weighted by Crippen LogP contribution is -2.62. The standard InChI is InChI=1S/C20H14Cl3N3O7S/c1-32-20(8-26(9-20)34(30,31)14-5-3-2-4-13(14)24-29)18-16(19(27)28)17(25-33-18)15-11(22)6-10(21)7-12(15)23/h2-7H,8-9H2,1H3,(H,27,28). The maximum Gasteiger partial charge on any atom is 0.341 e. The molecule has 1 aliphatic rings.